The van der Waals surface area contributed by atoms with Crippen molar-refractivity contribution in [2.45, 2.75) is 6.92 Å². The van der Waals surface area contributed by atoms with Crippen molar-refractivity contribution < 1.29 is 4.79 Å². The van der Waals surface area contributed by atoms with Crippen molar-refractivity contribution in [3.63, 3.8) is 0 Å². The standard InChI is InChI=1S/C12H10BrClO/c1-8-4-6-11(13)7-10(8)5-3-9(2)12(14)15/h3-7H,2H2,1H3/b5-3-. The van der Waals surface area contributed by atoms with Crippen molar-refractivity contribution in [2.75, 3.05) is 0 Å². The molecular formula is C12H10BrClO. The Morgan fingerprint density at radius 3 is 2.80 bits per heavy atom. The van der Waals surface area contributed by atoms with Gasteiger partial charge in [-0.05, 0) is 41.8 Å². The van der Waals surface area contributed by atoms with Gasteiger partial charge in [0.25, 0.3) is 5.24 Å². The van der Waals surface area contributed by atoms with Gasteiger partial charge in [-0.3, -0.25) is 4.79 Å². The first-order valence-corrected chi connectivity index (χ1v) is 5.51. The molecule has 1 rings (SSSR count). The van der Waals surface area contributed by atoms with E-state index in [4.69, 9.17) is 11.6 Å². The van der Waals surface area contributed by atoms with E-state index in [1.54, 1.807) is 6.08 Å². The number of aryl methyl sites for hydroxylation is 1. The number of benzene rings is 1. The third kappa shape index (κ3) is 3.65. The van der Waals surface area contributed by atoms with Crippen LogP contribution in [0.2, 0.25) is 0 Å². The largest absolute Gasteiger partial charge is 0.276 e. The molecule has 0 unspecified atom stereocenters. The molecule has 0 fully saturated rings. The van der Waals surface area contributed by atoms with Crippen molar-refractivity contribution in [3.8, 4) is 0 Å². The average Bonchev–Trinajstić information content (AvgIpc) is 2.18. The van der Waals surface area contributed by atoms with Crippen molar-refractivity contribution in [1.82, 2.24) is 0 Å². The molecule has 0 saturated carbocycles. The van der Waals surface area contributed by atoms with E-state index < -0.39 is 5.24 Å². The monoisotopic (exact) mass is 284 g/mol. The minimum absolute atomic E-state index is 0.288. The van der Waals surface area contributed by atoms with Gasteiger partial charge in [-0.2, -0.15) is 0 Å². The quantitative estimate of drug-likeness (QED) is 0.464. The van der Waals surface area contributed by atoms with Gasteiger partial charge in [-0.1, -0.05) is 40.7 Å². The van der Waals surface area contributed by atoms with Crippen LogP contribution in [-0.2, 0) is 4.79 Å². The maximum Gasteiger partial charge on any atom is 0.251 e. The molecule has 0 amide bonds. The predicted molar refractivity (Wildman–Crippen MR) is 67.9 cm³/mol. The van der Waals surface area contributed by atoms with Gasteiger partial charge in [0.05, 0.1) is 0 Å². The van der Waals surface area contributed by atoms with E-state index in [-0.39, 0.29) is 5.57 Å². The average molecular weight is 286 g/mol. The zero-order chi connectivity index (χ0) is 11.4. The lowest BCUT2D eigenvalue weighted by Gasteiger charge is -2.00. The number of halogens is 2. The smallest absolute Gasteiger partial charge is 0.251 e. The van der Waals surface area contributed by atoms with Crippen LogP contribution in [0.25, 0.3) is 6.08 Å². The number of allylic oxidation sites excluding steroid dienone is 2. The minimum atomic E-state index is -0.529. The van der Waals surface area contributed by atoms with Crippen LogP contribution in [0.4, 0.5) is 0 Å². The maximum absolute atomic E-state index is 10.7. The van der Waals surface area contributed by atoms with Crippen molar-refractivity contribution in [2.24, 2.45) is 0 Å². The van der Waals surface area contributed by atoms with Gasteiger partial charge in [0, 0.05) is 10.0 Å². The Bertz CT molecular complexity index is 435. The predicted octanol–water partition coefficient (Wildman–Crippen LogP) is 4.09. The van der Waals surface area contributed by atoms with Gasteiger partial charge in [0.15, 0.2) is 0 Å². The third-order valence-corrected chi connectivity index (χ3v) is 2.69. The number of hydrogen-bond donors (Lipinski definition) is 0. The molecule has 0 bridgehead atoms. The summed E-state index contributed by atoms with van der Waals surface area (Å²) in [5.74, 6) is 0. The molecule has 0 heterocycles. The van der Waals surface area contributed by atoms with Gasteiger partial charge >= 0.3 is 0 Å². The van der Waals surface area contributed by atoms with Crippen LogP contribution in [0.1, 0.15) is 11.1 Å². The van der Waals surface area contributed by atoms with E-state index in [0.29, 0.717) is 0 Å². The molecule has 0 aliphatic heterocycles. The van der Waals surface area contributed by atoms with E-state index in [0.717, 1.165) is 15.6 Å². The van der Waals surface area contributed by atoms with Crippen molar-refractivity contribution >= 4 is 38.8 Å². The lowest BCUT2D eigenvalue weighted by Crippen LogP contribution is -1.86. The molecule has 1 nitrogen and oxygen atoms in total. The second-order valence-corrected chi connectivity index (χ2v) is 4.39. The van der Waals surface area contributed by atoms with Gasteiger partial charge in [-0.25, -0.2) is 0 Å². The fraction of sp³-hybridized carbons (Fsp3) is 0.0833. The van der Waals surface area contributed by atoms with Crippen LogP contribution < -0.4 is 0 Å². The third-order valence-electron chi connectivity index (χ3n) is 1.96. The Labute approximate surface area is 103 Å². The van der Waals surface area contributed by atoms with E-state index in [9.17, 15) is 4.79 Å². The van der Waals surface area contributed by atoms with Crippen LogP contribution >= 0.6 is 27.5 Å². The molecule has 0 spiro atoms. The summed E-state index contributed by atoms with van der Waals surface area (Å²) in [7, 11) is 0. The highest BCUT2D eigenvalue weighted by molar-refractivity contribution is 9.10. The van der Waals surface area contributed by atoms with Crippen molar-refractivity contribution in [3.05, 3.63) is 52.0 Å². The highest BCUT2D eigenvalue weighted by atomic mass is 79.9. The molecule has 0 atom stereocenters. The fourth-order valence-corrected chi connectivity index (χ4v) is 1.49. The van der Waals surface area contributed by atoms with E-state index in [1.165, 1.54) is 0 Å². The maximum atomic E-state index is 10.7. The lowest BCUT2D eigenvalue weighted by molar-refractivity contribution is -0.108. The van der Waals surface area contributed by atoms with Gasteiger partial charge in [-0.15, -0.1) is 0 Å². The molecule has 0 aromatic heterocycles. The Morgan fingerprint density at radius 1 is 1.53 bits per heavy atom. The molecule has 78 valence electrons. The molecule has 0 saturated heterocycles. The Kier molecular flexibility index (Phi) is 4.30. The first-order valence-electron chi connectivity index (χ1n) is 4.33. The Hall–Kier alpha value is -0.860. The summed E-state index contributed by atoms with van der Waals surface area (Å²) >= 11 is 8.65. The van der Waals surface area contributed by atoms with E-state index in [2.05, 4.69) is 22.5 Å². The molecular weight excluding hydrogens is 275 g/mol. The number of hydrogen-bond acceptors (Lipinski definition) is 1. The highest BCUT2D eigenvalue weighted by Gasteiger charge is 1.99. The molecule has 0 N–H and O–H groups in total. The summed E-state index contributed by atoms with van der Waals surface area (Å²) in [6.45, 7) is 5.54. The fourth-order valence-electron chi connectivity index (χ4n) is 1.05. The molecule has 0 aliphatic carbocycles. The van der Waals surface area contributed by atoms with E-state index in [1.807, 2.05) is 31.2 Å². The summed E-state index contributed by atoms with van der Waals surface area (Å²) in [4.78, 5) is 10.7. The first-order chi connectivity index (χ1) is 7.00. The van der Waals surface area contributed by atoms with Crippen LogP contribution in [0.3, 0.4) is 0 Å². The van der Waals surface area contributed by atoms with Crippen LogP contribution in [0, 0.1) is 6.92 Å². The zero-order valence-electron chi connectivity index (χ0n) is 8.26. The lowest BCUT2D eigenvalue weighted by atomic mass is 10.1. The van der Waals surface area contributed by atoms with Gasteiger partial charge < -0.3 is 0 Å². The number of carbonyl (C=O) groups is 1. The second-order valence-electron chi connectivity index (χ2n) is 3.13. The Balaban J connectivity index is 2.94. The van der Waals surface area contributed by atoms with E-state index >= 15 is 0 Å². The van der Waals surface area contributed by atoms with Crippen LogP contribution in [-0.4, -0.2) is 5.24 Å². The molecule has 1 aromatic rings. The van der Waals surface area contributed by atoms with Crippen LogP contribution in [0.5, 0.6) is 0 Å². The highest BCUT2D eigenvalue weighted by Crippen LogP contribution is 2.18. The topological polar surface area (TPSA) is 17.1 Å². The zero-order valence-corrected chi connectivity index (χ0v) is 10.6. The number of carbonyl (C=O) groups excluding carboxylic acids is 1. The summed E-state index contributed by atoms with van der Waals surface area (Å²) in [5.41, 5.74) is 2.45. The Morgan fingerprint density at radius 2 is 2.20 bits per heavy atom. The molecule has 0 radical (unpaired) electrons. The minimum Gasteiger partial charge on any atom is -0.276 e. The molecule has 1 aromatic carbocycles. The summed E-state index contributed by atoms with van der Waals surface area (Å²) in [5, 5.41) is -0.529. The molecule has 0 aliphatic rings. The molecule has 3 heteroatoms. The van der Waals surface area contributed by atoms with Gasteiger partial charge in [0.2, 0.25) is 0 Å². The summed E-state index contributed by atoms with van der Waals surface area (Å²) in [6.07, 6.45) is 3.44. The van der Waals surface area contributed by atoms with Gasteiger partial charge in [0.1, 0.15) is 0 Å². The first kappa shape index (κ1) is 12.2. The second kappa shape index (κ2) is 5.29. The normalized spacial score (nSPS) is 10.6. The molecule has 15 heavy (non-hydrogen) atoms. The summed E-state index contributed by atoms with van der Waals surface area (Å²) in [6, 6.07) is 5.93. The summed E-state index contributed by atoms with van der Waals surface area (Å²) < 4.78 is 0.996. The number of rotatable bonds is 3. The van der Waals surface area contributed by atoms with Crippen LogP contribution in [0.15, 0.2) is 40.9 Å². The SMILES string of the molecule is C=C(/C=C\c1cc(Br)ccc1C)C(=O)Cl. The van der Waals surface area contributed by atoms with Crippen molar-refractivity contribution in [1.29, 1.82) is 0 Å².